The zero-order chi connectivity index (χ0) is 21.0. The van der Waals surface area contributed by atoms with Gasteiger partial charge in [0.05, 0.1) is 24.8 Å². The number of benzene rings is 1. The van der Waals surface area contributed by atoms with Gasteiger partial charge in [0.15, 0.2) is 0 Å². The fourth-order valence-electron chi connectivity index (χ4n) is 4.27. The zero-order valence-corrected chi connectivity index (χ0v) is 17.3. The van der Waals surface area contributed by atoms with Crippen LogP contribution in [0.3, 0.4) is 0 Å². The van der Waals surface area contributed by atoms with Crippen molar-refractivity contribution in [3.8, 4) is 11.8 Å². The van der Waals surface area contributed by atoms with Crippen molar-refractivity contribution in [2.24, 2.45) is 0 Å². The molecule has 9 heteroatoms. The van der Waals surface area contributed by atoms with Crippen molar-refractivity contribution < 1.29 is 14.6 Å². The van der Waals surface area contributed by atoms with E-state index in [-0.39, 0.29) is 12.1 Å². The highest BCUT2D eigenvalue weighted by molar-refractivity contribution is 5.85. The molecule has 3 heterocycles. The second-order valence-corrected chi connectivity index (χ2v) is 7.95. The van der Waals surface area contributed by atoms with E-state index in [0.29, 0.717) is 11.9 Å². The summed E-state index contributed by atoms with van der Waals surface area (Å²) in [6.07, 6.45) is 8.88. The molecule has 9 nitrogen and oxygen atoms in total. The summed E-state index contributed by atoms with van der Waals surface area (Å²) < 4.78 is 12.0. The number of nitrogens with zero attached hydrogens (tertiary/aromatic N) is 5. The molecule has 2 aromatic heterocycles. The fraction of sp³-hybridized carbons (Fsp3) is 0.455. The molecule has 0 radical (unpaired) electrons. The van der Waals surface area contributed by atoms with Crippen molar-refractivity contribution in [3.05, 3.63) is 36.8 Å². The molecule has 162 valence electrons. The lowest BCUT2D eigenvalue weighted by Crippen LogP contribution is -2.36. The average Bonchev–Trinajstić information content (AvgIpc) is 2.81. The van der Waals surface area contributed by atoms with Gasteiger partial charge >= 0.3 is 6.01 Å². The third kappa shape index (κ3) is 4.61. The Morgan fingerprint density at radius 2 is 1.81 bits per heavy atom. The molecule has 2 fully saturated rings. The zero-order valence-electron chi connectivity index (χ0n) is 17.3. The van der Waals surface area contributed by atoms with Gasteiger partial charge in [-0.25, -0.2) is 9.97 Å². The van der Waals surface area contributed by atoms with E-state index in [2.05, 4.69) is 42.3 Å². The maximum Gasteiger partial charge on any atom is 0.315 e. The van der Waals surface area contributed by atoms with Crippen LogP contribution in [0, 0.1) is 0 Å². The van der Waals surface area contributed by atoms with Crippen molar-refractivity contribution >= 4 is 22.5 Å². The molecule has 0 atom stereocenters. The highest BCUT2D eigenvalue weighted by Crippen LogP contribution is 2.33. The number of nitrogens with one attached hydrogen (secondary N) is 1. The second-order valence-electron chi connectivity index (χ2n) is 7.95. The molecule has 1 aliphatic heterocycles. The Morgan fingerprint density at radius 3 is 2.61 bits per heavy atom. The van der Waals surface area contributed by atoms with Gasteiger partial charge in [-0.15, -0.1) is 0 Å². The summed E-state index contributed by atoms with van der Waals surface area (Å²) in [5.41, 5.74) is 2.75. The first-order valence-corrected chi connectivity index (χ1v) is 10.8. The third-order valence-electron chi connectivity index (χ3n) is 5.86. The molecule has 0 spiro atoms. The van der Waals surface area contributed by atoms with Gasteiger partial charge in [0.25, 0.3) is 0 Å². The first-order chi connectivity index (χ1) is 15.2. The molecule has 1 aliphatic carbocycles. The van der Waals surface area contributed by atoms with Gasteiger partial charge < -0.3 is 24.8 Å². The van der Waals surface area contributed by atoms with Crippen LogP contribution < -0.4 is 15.0 Å². The van der Waals surface area contributed by atoms with Crippen LogP contribution in [0.4, 0.5) is 11.5 Å². The van der Waals surface area contributed by atoms with Crippen LogP contribution in [0.15, 0.2) is 36.8 Å². The maximum absolute atomic E-state index is 9.45. The number of aromatic hydroxyl groups is 1. The number of aromatic nitrogens is 4. The van der Waals surface area contributed by atoms with E-state index in [0.717, 1.165) is 74.5 Å². The average molecular weight is 422 g/mol. The Bertz CT molecular complexity index is 1030. The summed E-state index contributed by atoms with van der Waals surface area (Å²) in [5.74, 6) is 1.44. The Hall–Kier alpha value is -3.20. The summed E-state index contributed by atoms with van der Waals surface area (Å²) in [5, 5.41) is 12.8. The van der Waals surface area contributed by atoms with Crippen LogP contribution in [-0.4, -0.2) is 63.5 Å². The lowest BCUT2D eigenvalue weighted by Gasteiger charge is -2.31. The summed E-state index contributed by atoms with van der Waals surface area (Å²) in [6, 6.07) is 6.03. The number of fused-ring (bicyclic) bond motifs is 1. The third-order valence-corrected chi connectivity index (χ3v) is 5.86. The normalized spacial score (nSPS) is 21.7. The second kappa shape index (κ2) is 8.89. The molecule has 1 saturated heterocycles. The van der Waals surface area contributed by atoms with Crippen molar-refractivity contribution in [3.63, 3.8) is 0 Å². The SMILES string of the molecule is Oc1nccc(NC2CCC(Oc3cc(N4CCOCC4)cc4nccnc34)CC2)n1. The predicted octanol–water partition coefficient (Wildman–Crippen LogP) is 2.76. The van der Waals surface area contributed by atoms with Gasteiger partial charge in [0.1, 0.15) is 17.1 Å². The molecule has 5 rings (SSSR count). The molecule has 0 bridgehead atoms. The standard InChI is InChI=1S/C22H26N6O3/c29-22-25-6-5-20(27-22)26-15-1-3-17(4-2-15)31-19-14-16(28-9-11-30-12-10-28)13-18-21(19)24-8-7-23-18/h5-8,13-15,17H,1-4,9-12H2,(H2,25,26,27,29). The molecular weight excluding hydrogens is 396 g/mol. The quantitative estimate of drug-likeness (QED) is 0.642. The van der Waals surface area contributed by atoms with Crippen molar-refractivity contribution in [2.45, 2.75) is 37.8 Å². The smallest absolute Gasteiger partial charge is 0.315 e. The fourth-order valence-corrected chi connectivity index (χ4v) is 4.27. The van der Waals surface area contributed by atoms with Gasteiger partial charge in [0, 0.05) is 49.5 Å². The Kier molecular flexibility index (Phi) is 5.66. The van der Waals surface area contributed by atoms with Crippen LogP contribution in [0.5, 0.6) is 11.8 Å². The van der Waals surface area contributed by atoms with Gasteiger partial charge in [-0.05, 0) is 37.8 Å². The highest BCUT2D eigenvalue weighted by atomic mass is 16.5. The number of anilines is 2. The minimum atomic E-state index is -0.213. The molecular formula is C22H26N6O3. The van der Waals surface area contributed by atoms with E-state index in [1.165, 1.54) is 0 Å². The highest BCUT2D eigenvalue weighted by Gasteiger charge is 2.24. The molecule has 1 aromatic carbocycles. The number of morpholine rings is 1. The lowest BCUT2D eigenvalue weighted by atomic mass is 9.93. The molecule has 31 heavy (non-hydrogen) atoms. The van der Waals surface area contributed by atoms with E-state index in [4.69, 9.17) is 9.47 Å². The van der Waals surface area contributed by atoms with Crippen molar-refractivity contribution in [1.29, 1.82) is 0 Å². The minimum Gasteiger partial charge on any atom is -0.488 e. The predicted molar refractivity (Wildman–Crippen MR) is 117 cm³/mol. The van der Waals surface area contributed by atoms with E-state index >= 15 is 0 Å². The van der Waals surface area contributed by atoms with E-state index in [1.807, 2.05) is 0 Å². The molecule has 0 unspecified atom stereocenters. The van der Waals surface area contributed by atoms with Crippen LogP contribution in [-0.2, 0) is 4.74 Å². The largest absolute Gasteiger partial charge is 0.488 e. The topological polar surface area (TPSA) is 106 Å². The van der Waals surface area contributed by atoms with E-state index < -0.39 is 0 Å². The minimum absolute atomic E-state index is 0.127. The van der Waals surface area contributed by atoms with Crippen molar-refractivity contribution in [1.82, 2.24) is 19.9 Å². The molecule has 3 aromatic rings. The van der Waals surface area contributed by atoms with E-state index in [9.17, 15) is 5.11 Å². The van der Waals surface area contributed by atoms with Crippen molar-refractivity contribution in [2.75, 3.05) is 36.5 Å². The van der Waals surface area contributed by atoms with Gasteiger partial charge in [-0.2, -0.15) is 4.98 Å². The molecule has 2 N–H and O–H groups in total. The number of rotatable bonds is 5. The van der Waals surface area contributed by atoms with Crippen LogP contribution in [0.2, 0.25) is 0 Å². The van der Waals surface area contributed by atoms with Gasteiger partial charge in [-0.3, -0.25) is 4.98 Å². The van der Waals surface area contributed by atoms with Gasteiger partial charge in [-0.1, -0.05) is 0 Å². The number of hydrogen-bond donors (Lipinski definition) is 2. The summed E-state index contributed by atoms with van der Waals surface area (Å²) in [7, 11) is 0. The Labute approximate surface area is 180 Å². The van der Waals surface area contributed by atoms with E-state index in [1.54, 1.807) is 24.7 Å². The summed E-state index contributed by atoms with van der Waals surface area (Å²) in [4.78, 5) is 19.1. The first-order valence-electron chi connectivity index (χ1n) is 10.8. The monoisotopic (exact) mass is 422 g/mol. The number of hydrogen-bond acceptors (Lipinski definition) is 9. The van der Waals surface area contributed by atoms with Crippen LogP contribution in [0.1, 0.15) is 25.7 Å². The first kappa shape index (κ1) is 19.7. The maximum atomic E-state index is 9.45. The Balaban J connectivity index is 1.28. The molecule has 1 saturated carbocycles. The van der Waals surface area contributed by atoms with Crippen LogP contribution in [0.25, 0.3) is 11.0 Å². The molecule has 2 aliphatic rings. The van der Waals surface area contributed by atoms with Crippen LogP contribution >= 0.6 is 0 Å². The summed E-state index contributed by atoms with van der Waals surface area (Å²) in [6.45, 7) is 3.19. The van der Waals surface area contributed by atoms with Gasteiger partial charge in [0.2, 0.25) is 0 Å². The number of ether oxygens (including phenoxy) is 2. The molecule has 0 amide bonds. The summed E-state index contributed by atoms with van der Waals surface area (Å²) >= 11 is 0. The Morgan fingerprint density at radius 1 is 1.00 bits per heavy atom. The lowest BCUT2D eigenvalue weighted by molar-refractivity contribution is 0.122.